The van der Waals surface area contributed by atoms with Crippen molar-refractivity contribution in [3.63, 3.8) is 0 Å². The minimum absolute atomic E-state index is 0.0228. The molecule has 0 heterocycles. The van der Waals surface area contributed by atoms with E-state index in [4.69, 9.17) is 0 Å². The molecule has 0 spiro atoms. The standard InChI is InChI=1S/C40H42/c1-27-15-14-20-35(27)40(29-16-10-8-11-17-29,30-18-12-9-13-19-30)37-34-26-28-25-31(38(2,3)4)21-22-32(28)33(34)23-24-36(37)39(5,6)7/h8-19,21-25H,20,26H2,1-7H3. The first kappa shape index (κ1) is 26.6. The SMILES string of the molecule is CC1=C(C(c2ccccc2)(c2ccccc2)c2c(C(C)(C)C)ccc3c2Cc2cc(C(C)(C)C)ccc2-3)CC=C1. The highest BCUT2D eigenvalue weighted by molar-refractivity contribution is 5.82. The third kappa shape index (κ3) is 4.12. The molecule has 2 aliphatic carbocycles. The molecular formula is C40H42. The summed E-state index contributed by atoms with van der Waals surface area (Å²) in [5.41, 5.74) is 15.4. The Bertz CT molecular complexity index is 1590. The van der Waals surface area contributed by atoms with Crippen molar-refractivity contribution in [2.45, 2.75) is 77.6 Å². The molecule has 0 heteroatoms. The Morgan fingerprint density at radius 2 is 1.20 bits per heavy atom. The summed E-state index contributed by atoms with van der Waals surface area (Å²) in [6, 6.07) is 34.7. The van der Waals surface area contributed by atoms with Gasteiger partial charge in [-0.05, 0) is 86.2 Å². The Kier molecular flexibility index (Phi) is 6.30. The fraction of sp³-hybridized carbons (Fsp3) is 0.300. The molecule has 0 aliphatic heterocycles. The molecule has 202 valence electrons. The molecule has 0 saturated carbocycles. The van der Waals surface area contributed by atoms with E-state index in [9.17, 15) is 0 Å². The van der Waals surface area contributed by atoms with Crippen molar-refractivity contribution in [1.29, 1.82) is 0 Å². The lowest BCUT2D eigenvalue weighted by Crippen LogP contribution is -2.36. The quantitative estimate of drug-likeness (QED) is 0.206. The molecule has 0 aromatic heterocycles. The van der Waals surface area contributed by atoms with Crippen LogP contribution in [0.4, 0.5) is 0 Å². The molecule has 2 aliphatic rings. The summed E-state index contributed by atoms with van der Waals surface area (Å²) in [4.78, 5) is 0. The summed E-state index contributed by atoms with van der Waals surface area (Å²) in [6.45, 7) is 16.4. The van der Waals surface area contributed by atoms with Crippen LogP contribution in [0.2, 0.25) is 0 Å². The van der Waals surface area contributed by atoms with E-state index in [2.05, 4.69) is 152 Å². The Hall–Kier alpha value is -3.64. The molecule has 40 heavy (non-hydrogen) atoms. The molecule has 4 aromatic carbocycles. The van der Waals surface area contributed by atoms with Crippen LogP contribution in [0.15, 0.2) is 114 Å². The third-order valence-electron chi connectivity index (χ3n) is 9.16. The molecule has 0 atom stereocenters. The molecule has 0 amide bonds. The molecule has 4 aromatic rings. The molecule has 0 nitrogen and oxygen atoms in total. The van der Waals surface area contributed by atoms with Gasteiger partial charge in [-0.25, -0.2) is 0 Å². The number of fused-ring (bicyclic) bond motifs is 3. The summed E-state index contributed by atoms with van der Waals surface area (Å²) in [5.74, 6) is 0. The topological polar surface area (TPSA) is 0 Å². The van der Waals surface area contributed by atoms with Crippen molar-refractivity contribution in [3.8, 4) is 11.1 Å². The maximum Gasteiger partial charge on any atom is 0.0675 e. The fourth-order valence-electron chi connectivity index (χ4n) is 7.19. The summed E-state index contributed by atoms with van der Waals surface area (Å²) in [6.07, 6.45) is 6.62. The van der Waals surface area contributed by atoms with Gasteiger partial charge >= 0.3 is 0 Å². The van der Waals surface area contributed by atoms with E-state index in [1.807, 2.05) is 0 Å². The fourth-order valence-corrected chi connectivity index (χ4v) is 7.19. The predicted molar refractivity (Wildman–Crippen MR) is 171 cm³/mol. The number of rotatable bonds is 4. The van der Waals surface area contributed by atoms with Crippen molar-refractivity contribution in [2.75, 3.05) is 0 Å². The van der Waals surface area contributed by atoms with Crippen molar-refractivity contribution in [1.82, 2.24) is 0 Å². The Labute approximate surface area is 241 Å². The van der Waals surface area contributed by atoms with E-state index in [0.29, 0.717) is 0 Å². The highest BCUT2D eigenvalue weighted by atomic mass is 14.5. The average Bonchev–Trinajstić information content (AvgIpc) is 3.52. The predicted octanol–water partition coefficient (Wildman–Crippen LogP) is 10.5. The summed E-state index contributed by atoms with van der Waals surface area (Å²) in [7, 11) is 0. The number of hydrogen-bond acceptors (Lipinski definition) is 0. The van der Waals surface area contributed by atoms with Crippen LogP contribution in [0.1, 0.15) is 93.8 Å². The van der Waals surface area contributed by atoms with Gasteiger partial charge in [0.05, 0.1) is 5.41 Å². The lowest BCUT2D eigenvalue weighted by molar-refractivity contribution is 0.563. The third-order valence-corrected chi connectivity index (χ3v) is 9.16. The first-order chi connectivity index (χ1) is 19.0. The van der Waals surface area contributed by atoms with E-state index in [0.717, 1.165) is 12.8 Å². The van der Waals surface area contributed by atoms with Gasteiger partial charge in [0.2, 0.25) is 0 Å². The zero-order valence-electron chi connectivity index (χ0n) is 25.2. The second kappa shape index (κ2) is 9.48. The number of allylic oxidation sites excluding steroid dienone is 4. The number of hydrogen-bond donors (Lipinski definition) is 0. The van der Waals surface area contributed by atoms with Gasteiger partial charge in [0, 0.05) is 0 Å². The van der Waals surface area contributed by atoms with Gasteiger partial charge in [0.1, 0.15) is 0 Å². The van der Waals surface area contributed by atoms with Crippen molar-refractivity contribution >= 4 is 0 Å². The largest absolute Gasteiger partial charge is 0.0801 e. The monoisotopic (exact) mass is 522 g/mol. The molecule has 0 unspecified atom stereocenters. The normalized spacial score (nSPS) is 15.0. The molecule has 0 radical (unpaired) electrons. The van der Waals surface area contributed by atoms with E-state index in [1.54, 1.807) is 0 Å². The van der Waals surface area contributed by atoms with Gasteiger partial charge in [-0.1, -0.05) is 150 Å². The van der Waals surface area contributed by atoms with Gasteiger partial charge in [0.25, 0.3) is 0 Å². The van der Waals surface area contributed by atoms with Crippen LogP contribution in [-0.2, 0) is 22.7 Å². The first-order valence-electron chi connectivity index (χ1n) is 14.8. The van der Waals surface area contributed by atoms with Gasteiger partial charge in [-0.3, -0.25) is 0 Å². The molecule has 6 rings (SSSR count). The van der Waals surface area contributed by atoms with Gasteiger partial charge in [-0.2, -0.15) is 0 Å². The smallest absolute Gasteiger partial charge is 0.0675 e. The Balaban J connectivity index is 1.77. The maximum absolute atomic E-state index is 2.48. The second-order valence-corrected chi connectivity index (χ2v) is 13.8. The van der Waals surface area contributed by atoms with Gasteiger partial charge < -0.3 is 0 Å². The molecule has 0 fully saturated rings. The zero-order valence-corrected chi connectivity index (χ0v) is 25.2. The Morgan fingerprint density at radius 3 is 1.73 bits per heavy atom. The Morgan fingerprint density at radius 1 is 0.600 bits per heavy atom. The zero-order chi connectivity index (χ0) is 28.3. The van der Waals surface area contributed by atoms with Gasteiger partial charge in [0.15, 0.2) is 0 Å². The second-order valence-electron chi connectivity index (χ2n) is 13.8. The summed E-state index contributed by atoms with van der Waals surface area (Å²) in [5, 5.41) is 0. The minimum Gasteiger partial charge on any atom is -0.0801 e. The minimum atomic E-state index is -0.390. The lowest BCUT2D eigenvalue weighted by Gasteiger charge is -2.43. The summed E-state index contributed by atoms with van der Waals surface area (Å²) < 4.78 is 0. The average molecular weight is 523 g/mol. The highest BCUT2D eigenvalue weighted by Gasteiger charge is 2.46. The molecular weight excluding hydrogens is 480 g/mol. The van der Waals surface area contributed by atoms with E-state index in [1.165, 1.54) is 61.2 Å². The van der Waals surface area contributed by atoms with Crippen molar-refractivity contribution in [2.24, 2.45) is 0 Å². The maximum atomic E-state index is 2.48. The summed E-state index contributed by atoms with van der Waals surface area (Å²) >= 11 is 0. The van der Waals surface area contributed by atoms with Crippen LogP contribution in [0.25, 0.3) is 11.1 Å². The molecule has 0 saturated heterocycles. The van der Waals surface area contributed by atoms with Crippen LogP contribution in [0, 0.1) is 0 Å². The van der Waals surface area contributed by atoms with Crippen LogP contribution in [0.3, 0.4) is 0 Å². The van der Waals surface area contributed by atoms with Crippen LogP contribution < -0.4 is 0 Å². The van der Waals surface area contributed by atoms with Crippen LogP contribution >= 0.6 is 0 Å². The van der Waals surface area contributed by atoms with Gasteiger partial charge in [-0.15, -0.1) is 0 Å². The van der Waals surface area contributed by atoms with Crippen molar-refractivity contribution < 1.29 is 0 Å². The van der Waals surface area contributed by atoms with E-state index in [-0.39, 0.29) is 16.2 Å². The first-order valence-corrected chi connectivity index (χ1v) is 14.8. The molecule has 0 bridgehead atoms. The molecule has 0 N–H and O–H groups in total. The number of benzene rings is 4. The van der Waals surface area contributed by atoms with Crippen LogP contribution in [-0.4, -0.2) is 0 Å². The van der Waals surface area contributed by atoms with E-state index >= 15 is 0 Å². The van der Waals surface area contributed by atoms with E-state index < -0.39 is 0 Å². The highest BCUT2D eigenvalue weighted by Crippen LogP contribution is 2.56. The lowest BCUT2D eigenvalue weighted by atomic mass is 9.59. The van der Waals surface area contributed by atoms with Crippen molar-refractivity contribution in [3.05, 3.63) is 153 Å². The van der Waals surface area contributed by atoms with Crippen LogP contribution in [0.5, 0.6) is 0 Å².